The van der Waals surface area contributed by atoms with Crippen LogP contribution < -0.4 is 11.1 Å². The molecule has 0 spiro atoms. The van der Waals surface area contributed by atoms with Crippen LogP contribution in [0, 0.1) is 17.8 Å². The van der Waals surface area contributed by atoms with E-state index in [9.17, 15) is 4.79 Å². The van der Waals surface area contributed by atoms with Crippen LogP contribution in [0.4, 0.5) is 0 Å². The molecule has 1 amide bonds. The van der Waals surface area contributed by atoms with Gasteiger partial charge in [-0.25, -0.2) is 0 Å². The number of hydrogen-bond donors (Lipinski definition) is 2. The van der Waals surface area contributed by atoms with Gasteiger partial charge in [-0.2, -0.15) is 0 Å². The second kappa shape index (κ2) is 7.00. The van der Waals surface area contributed by atoms with Crippen molar-refractivity contribution in [2.24, 2.45) is 23.5 Å². The lowest BCUT2D eigenvalue weighted by Gasteiger charge is -2.32. The summed E-state index contributed by atoms with van der Waals surface area (Å²) in [5.74, 6) is 2.06. The van der Waals surface area contributed by atoms with Crippen molar-refractivity contribution >= 4 is 5.91 Å². The van der Waals surface area contributed by atoms with Gasteiger partial charge in [0.2, 0.25) is 5.91 Å². The lowest BCUT2D eigenvalue weighted by atomic mass is 9.79. The van der Waals surface area contributed by atoms with Crippen LogP contribution in [-0.2, 0) is 4.79 Å². The van der Waals surface area contributed by atoms with Crippen LogP contribution in [-0.4, -0.2) is 18.5 Å². The number of nitrogens with one attached hydrogen (secondary N) is 1. The maximum atomic E-state index is 11.9. The van der Waals surface area contributed by atoms with Crippen molar-refractivity contribution in [3.8, 4) is 0 Å². The Balaban J connectivity index is 2.31. The maximum absolute atomic E-state index is 11.9. The summed E-state index contributed by atoms with van der Waals surface area (Å²) < 4.78 is 0. The summed E-state index contributed by atoms with van der Waals surface area (Å²) in [6.45, 7) is 7.30. The molecule has 1 rings (SSSR count). The molecule has 0 aromatic rings. The zero-order valence-electron chi connectivity index (χ0n) is 11.5. The van der Waals surface area contributed by atoms with E-state index in [0.717, 1.165) is 31.1 Å². The summed E-state index contributed by atoms with van der Waals surface area (Å²) in [4.78, 5) is 11.9. The fourth-order valence-electron chi connectivity index (χ4n) is 2.62. The van der Waals surface area contributed by atoms with Gasteiger partial charge in [-0.05, 0) is 43.6 Å². The van der Waals surface area contributed by atoms with E-state index in [1.54, 1.807) is 0 Å². The number of nitrogens with two attached hydrogens (primary N) is 1. The predicted molar refractivity (Wildman–Crippen MR) is 71.6 cm³/mol. The fraction of sp³-hybridized carbons (Fsp3) is 0.929. The standard InChI is InChI=1S/C14H28N2O/c1-4-12(9-15)8-14(17)16-13-6-5-10(2)11(3)7-13/h10-13H,4-9,15H2,1-3H3,(H,16,17). The zero-order chi connectivity index (χ0) is 12.8. The Morgan fingerprint density at radius 1 is 1.35 bits per heavy atom. The van der Waals surface area contributed by atoms with Gasteiger partial charge in [-0.1, -0.05) is 27.2 Å². The first-order valence-electron chi connectivity index (χ1n) is 7.06. The third-order valence-electron chi connectivity index (χ3n) is 4.35. The Morgan fingerprint density at radius 3 is 2.59 bits per heavy atom. The summed E-state index contributed by atoms with van der Waals surface area (Å²) >= 11 is 0. The van der Waals surface area contributed by atoms with Crippen LogP contribution in [0.5, 0.6) is 0 Å². The second-order valence-electron chi connectivity index (χ2n) is 5.75. The quantitative estimate of drug-likeness (QED) is 0.774. The lowest BCUT2D eigenvalue weighted by molar-refractivity contribution is -0.123. The number of rotatable bonds is 5. The number of carbonyl (C=O) groups is 1. The van der Waals surface area contributed by atoms with Crippen molar-refractivity contribution in [3.63, 3.8) is 0 Å². The van der Waals surface area contributed by atoms with Crippen LogP contribution in [0.15, 0.2) is 0 Å². The van der Waals surface area contributed by atoms with Gasteiger partial charge in [0.1, 0.15) is 0 Å². The molecule has 4 atom stereocenters. The Labute approximate surface area is 106 Å². The van der Waals surface area contributed by atoms with E-state index in [4.69, 9.17) is 5.73 Å². The molecular weight excluding hydrogens is 212 g/mol. The highest BCUT2D eigenvalue weighted by Crippen LogP contribution is 2.29. The third kappa shape index (κ3) is 4.66. The Kier molecular flexibility index (Phi) is 5.96. The highest BCUT2D eigenvalue weighted by Gasteiger charge is 2.25. The Morgan fingerprint density at radius 2 is 2.06 bits per heavy atom. The molecule has 4 unspecified atom stereocenters. The molecule has 17 heavy (non-hydrogen) atoms. The van der Waals surface area contributed by atoms with Crippen LogP contribution in [0.25, 0.3) is 0 Å². The Hall–Kier alpha value is -0.570. The van der Waals surface area contributed by atoms with Crippen molar-refractivity contribution in [3.05, 3.63) is 0 Å². The average Bonchev–Trinajstić information content (AvgIpc) is 2.31. The van der Waals surface area contributed by atoms with E-state index < -0.39 is 0 Å². The molecule has 0 bridgehead atoms. The van der Waals surface area contributed by atoms with Gasteiger partial charge in [-0.15, -0.1) is 0 Å². The minimum atomic E-state index is 0.189. The fourth-order valence-corrected chi connectivity index (χ4v) is 2.62. The topological polar surface area (TPSA) is 55.1 Å². The third-order valence-corrected chi connectivity index (χ3v) is 4.35. The summed E-state index contributed by atoms with van der Waals surface area (Å²) in [5, 5.41) is 3.17. The summed E-state index contributed by atoms with van der Waals surface area (Å²) in [7, 11) is 0. The molecule has 3 nitrogen and oxygen atoms in total. The van der Waals surface area contributed by atoms with E-state index in [0.29, 0.717) is 24.9 Å². The minimum Gasteiger partial charge on any atom is -0.353 e. The molecule has 1 aliphatic carbocycles. The van der Waals surface area contributed by atoms with Crippen LogP contribution in [0.1, 0.15) is 52.9 Å². The van der Waals surface area contributed by atoms with E-state index >= 15 is 0 Å². The first-order chi connectivity index (χ1) is 8.06. The second-order valence-corrected chi connectivity index (χ2v) is 5.75. The maximum Gasteiger partial charge on any atom is 0.220 e. The molecule has 1 saturated carbocycles. The van der Waals surface area contributed by atoms with Crippen molar-refractivity contribution in [1.29, 1.82) is 0 Å². The van der Waals surface area contributed by atoms with Gasteiger partial charge in [0.05, 0.1) is 0 Å². The number of hydrogen-bond acceptors (Lipinski definition) is 2. The molecule has 1 fully saturated rings. The number of amides is 1. The van der Waals surface area contributed by atoms with E-state index in [-0.39, 0.29) is 5.91 Å². The zero-order valence-corrected chi connectivity index (χ0v) is 11.5. The first-order valence-corrected chi connectivity index (χ1v) is 7.06. The molecule has 0 radical (unpaired) electrons. The Bertz CT molecular complexity index is 238. The largest absolute Gasteiger partial charge is 0.353 e. The van der Waals surface area contributed by atoms with Crippen molar-refractivity contribution < 1.29 is 4.79 Å². The average molecular weight is 240 g/mol. The molecule has 0 aromatic carbocycles. The van der Waals surface area contributed by atoms with Crippen molar-refractivity contribution in [1.82, 2.24) is 5.32 Å². The smallest absolute Gasteiger partial charge is 0.220 e. The normalized spacial score (nSPS) is 30.9. The van der Waals surface area contributed by atoms with Crippen LogP contribution in [0.2, 0.25) is 0 Å². The van der Waals surface area contributed by atoms with Gasteiger partial charge >= 0.3 is 0 Å². The van der Waals surface area contributed by atoms with Gasteiger partial charge in [0, 0.05) is 12.5 Å². The predicted octanol–water partition coefficient (Wildman–Crippen LogP) is 2.30. The SMILES string of the molecule is CCC(CN)CC(=O)NC1CCC(C)C(C)C1. The molecule has 100 valence electrons. The van der Waals surface area contributed by atoms with Crippen molar-refractivity contribution in [2.45, 2.75) is 58.9 Å². The van der Waals surface area contributed by atoms with Crippen LogP contribution >= 0.6 is 0 Å². The highest BCUT2D eigenvalue weighted by atomic mass is 16.1. The van der Waals surface area contributed by atoms with E-state index in [1.165, 1.54) is 6.42 Å². The molecule has 0 aliphatic heterocycles. The minimum absolute atomic E-state index is 0.189. The van der Waals surface area contributed by atoms with E-state index in [1.807, 2.05) is 0 Å². The lowest BCUT2D eigenvalue weighted by Crippen LogP contribution is -2.40. The molecule has 0 saturated heterocycles. The molecule has 3 heteroatoms. The molecule has 0 aromatic heterocycles. The summed E-state index contributed by atoms with van der Waals surface area (Å²) in [6.07, 6.45) is 5.08. The molecular formula is C14H28N2O. The summed E-state index contributed by atoms with van der Waals surface area (Å²) in [6, 6.07) is 0.393. The summed E-state index contributed by atoms with van der Waals surface area (Å²) in [5.41, 5.74) is 5.62. The van der Waals surface area contributed by atoms with Gasteiger partial charge in [-0.3, -0.25) is 4.79 Å². The van der Waals surface area contributed by atoms with Crippen molar-refractivity contribution in [2.75, 3.05) is 6.54 Å². The highest BCUT2D eigenvalue weighted by molar-refractivity contribution is 5.76. The van der Waals surface area contributed by atoms with Gasteiger partial charge in [0.25, 0.3) is 0 Å². The monoisotopic (exact) mass is 240 g/mol. The first kappa shape index (κ1) is 14.5. The molecule has 1 aliphatic rings. The van der Waals surface area contributed by atoms with E-state index in [2.05, 4.69) is 26.1 Å². The van der Waals surface area contributed by atoms with Gasteiger partial charge in [0.15, 0.2) is 0 Å². The van der Waals surface area contributed by atoms with Crippen LogP contribution in [0.3, 0.4) is 0 Å². The molecule has 0 heterocycles. The number of carbonyl (C=O) groups excluding carboxylic acids is 1. The molecule has 3 N–H and O–H groups in total. The van der Waals surface area contributed by atoms with Gasteiger partial charge < -0.3 is 11.1 Å².